The van der Waals surface area contributed by atoms with Crippen LogP contribution < -0.4 is 5.32 Å². The maximum atomic E-state index is 13.4. The van der Waals surface area contributed by atoms with E-state index < -0.39 is 23.7 Å². The standard InChI is InChI=1S/C13H15F5N2OS.2ClH/c14-12(15)11(20-5-3-19-4-6-20)9-7-8(1-2-10(9)21)22-13(16,17)18;;/h1-2,7,11-12,19,21H,3-6H2;2*1H/t11-;;/m0../s1. The summed E-state index contributed by atoms with van der Waals surface area (Å²) in [6.45, 7) is 1.71. The van der Waals surface area contributed by atoms with Crippen molar-refractivity contribution in [2.75, 3.05) is 26.2 Å². The fourth-order valence-corrected chi connectivity index (χ4v) is 3.01. The number of rotatable bonds is 4. The minimum Gasteiger partial charge on any atom is -0.508 e. The quantitative estimate of drug-likeness (QED) is 0.575. The van der Waals surface area contributed by atoms with Crippen LogP contribution in [0.5, 0.6) is 5.75 Å². The first-order valence-corrected chi connectivity index (χ1v) is 7.41. The van der Waals surface area contributed by atoms with Crippen molar-refractivity contribution in [2.45, 2.75) is 22.9 Å². The average Bonchev–Trinajstić information content (AvgIpc) is 2.42. The van der Waals surface area contributed by atoms with Gasteiger partial charge in [-0.25, -0.2) is 8.78 Å². The maximum absolute atomic E-state index is 13.4. The van der Waals surface area contributed by atoms with Crippen LogP contribution in [0.2, 0.25) is 0 Å². The Morgan fingerprint density at radius 3 is 2.21 bits per heavy atom. The first-order chi connectivity index (χ1) is 10.3. The molecule has 0 aliphatic carbocycles. The Morgan fingerprint density at radius 1 is 1.12 bits per heavy atom. The molecule has 0 aromatic heterocycles. The van der Waals surface area contributed by atoms with Gasteiger partial charge < -0.3 is 10.4 Å². The smallest absolute Gasteiger partial charge is 0.446 e. The summed E-state index contributed by atoms with van der Waals surface area (Å²) < 4.78 is 64.1. The number of phenols is 1. The molecule has 0 saturated carbocycles. The van der Waals surface area contributed by atoms with Gasteiger partial charge in [0.25, 0.3) is 6.43 Å². The highest BCUT2D eigenvalue weighted by Crippen LogP contribution is 2.41. The van der Waals surface area contributed by atoms with Crippen molar-refractivity contribution in [1.82, 2.24) is 10.2 Å². The van der Waals surface area contributed by atoms with E-state index in [1.165, 1.54) is 4.90 Å². The summed E-state index contributed by atoms with van der Waals surface area (Å²) >= 11 is -0.387. The van der Waals surface area contributed by atoms with Crippen molar-refractivity contribution in [3.05, 3.63) is 23.8 Å². The van der Waals surface area contributed by atoms with Crippen molar-refractivity contribution in [2.24, 2.45) is 0 Å². The molecular weight excluding hydrogens is 398 g/mol. The molecule has 0 radical (unpaired) electrons. The second kappa shape index (κ2) is 9.86. The Kier molecular flexibility index (Phi) is 9.66. The van der Waals surface area contributed by atoms with Crippen LogP contribution in [0.4, 0.5) is 22.0 Å². The number of benzene rings is 1. The van der Waals surface area contributed by atoms with E-state index in [4.69, 9.17) is 0 Å². The number of halogens is 7. The minimum absolute atomic E-state index is 0. The molecule has 0 spiro atoms. The molecule has 1 saturated heterocycles. The Morgan fingerprint density at radius 2 is 1.71 bits per heavy atom. The molecule has 0 bridgehead atoms. The van der Waals surface area contributed by atoms with E-state index in [-0.39, 0.29) is 47.0 Å². The normalized spacial score (nSPS) is 17.1. The zero-order chi connectivity index (χ0) is 16.3. The van der Waals surface area contributed by atoms with Crippen LogP contribution in [-0.2, 0) is 0 Å². The number of thioether (sulfide) groups is 1. The summed E-state index contributed by atoms with van der Waals surface area (Å²) in [6, 6.07) is 1.67. The van der Waals surface area contributed by atoms with Crippen LogP contribution in [0.1, 0.15) is 11.6 Å². The Hall–Kier alpha value is -0.480. The van der Waals surface area contributed by atoms with Crippen LogP contribution in [0.25, 0.3) is 0 Å². The van der Waals surface area contributed by atoms with Gasteiger partial charge in [-0.3, -0.25) is 4.90 Å². The fourth-order valence-electron chi connectivity index (χ4n) is 2.42. The fraction of sp³-hybridized carbons (Fsp3) is 0.538. The zero-order valence-electron chi connectivity index (χ0n) is 12.2. The van der Waals surface area contributed by atoms with Gasteiger partial charge in [0.2, 0.25) is 0 Å². The molecule has 1 aliphatic rings. The number of piperazine rings is 1. The Balaban J connectivity index is 0.00000264. The summed E-state index contributed by atoms with van der Waals surface area (Å²) in [5, 5.41) is 12.8. The van der Waals surface area contributed by atoms with Crippen molar-refractivity contribution in [1.29, 1.82) is 0 Å². The topological polar surface area (TPSA) is 35.5 Å². The lowest BCUT2D eigenvalue weighted by Crippen LogP contribution is -2.46. The molecule has 1 atom stereocenters. The molecular formula is C13H17Cl2F5N2OS. The summed E-state index contributed by atoms with van der Waals surface area (Å²) in [4.78, 5) is 1.25. The van der Waals surface area contributed by atoms with Crippen LogP contribution in [-0.4, -0.2) is 48.1 Å². The average molecular weight is 415 g/mol. The molecule has 11 heteroatoms. The molecule has 2 rings (SSSR count). The predicted molar refractivity (Wildman–Crippen MR) is 87.7 cm³/mol. The van der Waals surface area contributed by atoms with E-state index in [2.05, 4.69) is 5.32 Å². The third-order valence-corrected chi connectivity index (χ3v) is 4.06. The molecule has 140 valence electrons. The summed E-state index contributed by atoms with van der Waals surface area (Å²) in [6.07, 6.45) is -2.81. The molecule has 1 aromatic rings. The van der Waals surface area contributed by atoms with Gasteiger partial charge in [0, 0.05) is 36.6 Å². The highest BCUT2D eigenvalue weighted by atomic mass is 35.5. The molecule has 1 heterocycles. The molecule has 0 unspecified atom stereocenters. The molecule has 3 nitrogen and oxygen atoms in total. The summed E-state index contributed by atoms with van der Waals surface area (Å²) in [5.74, 6) is -0.421. The number of nitrogens with zero attached hydrogens (tertiary/aromatic N) is 1. The molecule has 0 amide bonds. The monoisotopic (exact) mass is 414 g/mol. The van der Waals surface area contributed by atoms with Gasteiger partial charge in [-0.1, -0.05) is 0 Å². The Labute approximate surface area is 152 Å². The number of hydrogen-bond acceptors (Lipinski definition) is 4. The molecule has 2 N–H and O–H groups in total. The van der Waals surface area contributed by atoms with Crippen LogP contribution in [0.3, 0.4) is 0 Å². The molecule has 1 fully saturated rings. The van der Waals surface area contributed by atoms with Crippen molar-refractivity contribution >= 4 is 36.6 Å². The third-order valence-electron chi connectivity index (χ3n) is 3.33. The largest absolute Gasteiger partial charge is 0.508 e. The second-order valence-corrected chi connectivity index (χ2v) is 5.97. The summed E-state index contributed by atoms with van der Waals surface area (Å²) in [5.41, 5.74) is -4.69. The molecule has 24 heavy (non-hydrogen) atoms. The predicted octanol–water partition coefficient (Wildman–Crippen LogP) is 4.06. The number of nitrogens with one attached hydrogen (secondary N) is 1. The van der Waals surface area contributed by atoms with Gasteiger partial charge in [-0.15, -0.1) is 24.8 Å². The third kappa shape index (κ3) is 6.44. The number of phenolic OH excluding ortho intramolecular Hbond substituents is 1. The van der Waals surface area contributed by atoms with Crippen molar-refractivity contribution in [3.63, 3.8) is 0 Å². The van der Waals surface area contributed by atoms with Crippen LogP contribution in [0.15, 0.2) is 23.1 Å². The highest BCUT2D eigenvalue weighted by Gasteiger charge is 2.34. The van der Waals surface area contributed by atoms with Crippen molar-refractivity contribution in [3.8, 4) is 5.75 Å². The first-order valence-electron chi connectivity index (χ1n) is 6.59. The lowest BCUT2D eigenvalue weighted by molar-refractivity contribution is -0.0328. The van der Waals surface area contributed by atoms with Gasteiger partial charge in [0.15, 0.2) is 0 Å². The van der Waals surface area contributed by atoms with Crippen LogP contribution in [0, 0.1) is 0 Å². The number of aromatic hydroxyl groups is 1. The van der Waals surface area contributed by atoms with Crippen molar-refractivity contribution < 1.29 is 27.1 Å². The van der Waals surface area contributed by atoms with E-state index in [1.54, 1.807) is 0 Å². The lowest BCUT2D eigenvalue weighted by atomic mass is 10.0. The second-order valence-electron chi connectivity index (χ2n) is 4.83. The van der Waals surface area contributed by atoms with E-state index in [9.17, 15) is 27.1 Å². The SMILES string of the molecule is Cl.Cl.Oc1ccc(SC(F)(F)F)cc1[C@@H](C(F)F)N1CCNCC1. The molecule has 1 aromatic carbocycles. The minimum atomic E-state index is -4.51. The zero-order valence-corrected chi connectivity index (χ0v) is 14.7. The maximum Gasteiger partial charge on any atom is 0.446 e. The van der Waals surface area contributed by atoms with Gasteiger partial charge in [-0.05, 0) is 30.0 Å². The lowest BCUT2D eigenvalue weighted by Gasteiger charge is -2.35. The van der Waals surface area contributed by atoms with E-state index in [1.807, 2.05) is 0 Å². The first kappa shape index (κ1) is 23.5. The number of hydrogen-bond donors (Lipinski definition) is 2. The molecule has 1 aliphatic heterocycles. The van der Waals surface area contributed by atoms with Gasteiger partial charge in [0.1, 0.15) is 11.8 Å². The van der Waals surface area contributed by atoms with Gasteiger partial charge >= 0.3 is 5.51 Å². The van der Waals surface area contributed by atoms with E-state index in [0.29, 0.717) is 26.2 Å². The van der Waals surface area contributed by atoms with E-state index >= 15 is 0 Å². The van der Waals surface area contributed by atoms with E-state index in [0.717, 1.165) is 18.2 Å². The van der Waals surface area contributed by atoms with Crippen LogP contribution >= 0.6 is 36.6 Å². The number of alkyl halides is 5. The summed E-state index contributed by atoms with van der Waals surface area (Å²) in [7, 11) is 0. The highest BCUT2D eigenvalue weighted by molar-refractivity contribution is 8.00. The Bertz CT molecular complexity index is 516. The van der Waals surface area contributed by atoms with Gasteiger partial charge in [0.05, 0.1) is 0 Å². The van der Waals surface area contributed by atoms with Gasteiger partial charge in [-0.2, -0.15) is 13.2 Å².